The third-order valence-corrected chi connectivity index (χ3v) is 5.09. The number of pyridine rings is 1. The number of hydrogen-bond acceptors (Lipinski definition) is 7. The monoisotopic (exact) mass is 439 g/mol. The molecule has 0 saturated heterocycles. The number of rotatable bonds is 9. The van der Waals surface area contributed by atoms with Crippen LogP contribution < -0.4 is 15.8 Å². The summed E-state index contributed by atoms with van der Waals surface area (Å²) in [5, 5.41) is 20.9. The summed E-state index contributed by atoms with van der Waals surface area (Å²) < 4.78 is 1.52. The Bertz CT molecular complexity index is 1180. The van der Waals surface area contributed by atoms with Crippen molar-refractivity contribution in [2.75, 3.05) is 30.4 Å². The van der Waals surface area contributed by atoms with Gasteiger partial charge in [-0.25, -0.2) is 9.97 Å². The smallest absolute Gasteiger partial charge is 0.305 e. The van der Waals surface area contributed by atoms with Gasteiger partial charge in [-0.1, -0.05) is 37.3 Å². The van der Waals surface area contributed by atoms with Crippen LogP contribution in [0.15, 0.2) is 47.3 Å². The van der Waals surface area contributed by atoms with Gasteiger partial charge < -0.3 is 15.5 Å². The summed E-state index contributed by atoms with van der Waals surface area (Å²) in [5.41, 5.74) is 1.14. The highest BCUT2D eigenvalue weighted by molar-refractivity contribution is 5.93. The molecule has 1 atom stereocenters. The minimum Gasteiger partial charge on any atom is -0.481 e. The second-order valence-corrected chi connectivity index (χ2v) is 7.16. The number of carbonyl (C=O) groups excluding carboxylic acids is 1. The first-order valence-corrected chi connectivity index (χ1v) is 10.2. The van der Waals surface area contributed by atoms with Gasteiger partial charge in [0.15, 0.2) is 11.5 Å². The number of carboxylic acid groups (broad SMARTS) is 1. The molecule has 1 aromatic carbocycles. The van der Waals surface area contributed by atoms with Crippen LogP contribution in [0.1, 0.15) is 31.4 Å². The van der Waals surface area contributed by atoms with Crippen molar-refractivity contribution in [3.63, 3.8) is 0 Å². The summed E-state index contributed by atoms with van der Waals surface area (Å²) in [4.78, 5) is 46.3. The van der Waals surface area contributed by atoms with Crippen LogP contribution in [-0.4, -0.2) is 56.8 Å². The van der Waals surface area contributed by atoms with Crippen LogP contribution in [0.2, 0.25) is 0 Å². The Labute approximate surface area is 184 Å². The highest BCUT2D eigenvalue weighted by Gasteiger charge is 2.22. The number of benzene rings is 1. The molecule has 0 spiro atoms. The van der Waals surface area contributed by atoms with Gasteiger partial charge in [0.2, 0.25) is 0 Å². The molecule has 0 unspecified atom stereocenters. The van der Waals surface area contributed by atoms with E-state index in [9.17, 15) is 19.5 Å². The van der Waals surface area contributed by atoms with Crippen LogP contribution in [-0.2, 0) is 9.59 Å². The lowest BCUT2D eigenvalue weighted by atomic mass is 10.0. The topological polar surface area (TPSA) is 138 Å². The van der Waals surface area contributed by atoms with E-state index in [0.29, 0.717) is 11.9 Å². The molecule has 0 radical (unpaired) electrons. The van der Waals surface area contributed by atoms with Gasteiger partial charge in [-0.05, 0) is 24.1 Å². The molecule has 2 heterocycles. The normalized spacial score (nSPS) is 11.8. The van der Waals surface area contributed by atoms with Gasteiger partial charge in [0.05, 0.1) is 12.5 Å². The summed E-state index contributed by atoms with van der Waals surface area (Å²) >= 11 is 0. The standard InChI is InChI=1S/C22H25N5O5/c1-3-16(14-7-5-4-6-8-14)27-21-15(9-10-17(25-21)26(2)18(29)13-28)24-20(22(27)32)23-12-11-19(30)31/h4-10,16,28H,3,11-13H2,1-2H3,(H,23,24)(H,30,31)/t16-/m0/s1. The maximum Gasteiger partial charge on any atom is 0.305 e. The number of hydrogen-bond donors (Lipinski definition) is 3. The molecule has 32 heavy (non-hydrogen) atoms. The zero-order valence-electron chi connectivity index (χ0n) is 17.9. The van der Waals surface area contributed by atoms with Gasteiger partial charge in [0.1, 0.15) is 17.9 Å². The molecule has 1 amide bonds. The van der Waals surface area contributed by atoms with E-state index in [-0.39, 0.29) is 36.3 Å². The fraction of sp³-hybridized carbons (Fsp3) is 0.318. The first-order valence-electron chi connectivity index (χ1n) is 10.2. The Morgan fingerprint density at radius 2 is 1.88 bits per heavy atom. The number of amides is 1. The number of aliphatic carboxylic acids is 1. The lowest BCUT2D eigenvalue weighted by molar-refractivity contribution is -0.136. The van der Waals surface area contributed by atoms with Gasteiger partial charge in [-0.3, -0.25) is 23.9 Å². The Morgan fingerprint density at radius 3 is 2.50 bits per heavy atom. The third-order valence-electron chi connectivity index (χ3n) is 5.09. The number of carbonyl (C=O) groups is 2. The zero-order valence-corrected chi connectivity index (χ0v) is 17.9. The van der Waals surface area contributed by atoms with Crippen molar-refractivity contribution >= 4 is 34.7 Å². The first kappa shape index (κ1) is 22.9. The molecule has 2 aromatic heterocycles. The second-order valence-electron chi connectivity index (χ2n) is 7.16. The van der Waals surface area contributed by atoms with E-state index in [1.165, 1.54) is 16.5 Å². The van der Waals surface area contributed by atoms with Gasteiger partial charge in [0, 0.05) is 13.6 Å². The van der Waals surface area contributed by atoms with Gasteiger partial charge in [0.25, 0.3) is 11.5 Å². The summed E-state index contributed by atoms with van der Waals surface area (Å²) in [5.74, 6) is -1.23. The van der Waals surface area contributed by atoms with E-state index in [0.717, 1.165) is 5.56 Å². The Balaban J connectivity index is 2.22. The Morgan fingerprint density at radius 1 is 1.16 bits per heavy atom. The third kappa shape index (κ3) is 4.75. The molecule has 0 fully saturated rings. The molecule has 0 aliphatic carbocycles. The molecule has 0 saturated carbocycles. The summed E-state index contributed by atoms with van der Waals surface area (Å²) in [6.45, 7) is 1.32. The molecule has 3 aromatic rings. The highest BCUT2D eigenvalue weighted by Crippen LogP contribution is 2.25. The molecule has 168 valence electrons. The number of aliphatic hydroxyl groups excluding tert-OH is 1. The second kappa shape index (κ2) is 10.0. The lowest BCUT2D eigenvalue weighted by Crippen LogP contribution is -2.32. The molecule has 0 aliphatic heterocycles. The number of likely N-dealkylation sites (N-methyl/N-ethyl adjacent to an activating group) is 1. The average molecular weight is 439 g/mol. The van der Waals surface area contributed by atoms with Crippen molar-refractivity contribution in [1.29, 1.82) is 0 Å². The number of nitrogens with one attached hydrogen (secondary N) is 1. The largest absolute Gasteiger partial charge is 0.481 e. The van der Waals surface area contributed by atoms with E-state index in [2.05, 4.69) is 15.3 Å². The maximum absolute atomic E-state index is 13.4. The van der Waals surface area contributed by atoms with Crippen LogP contribution in [0.25, 0.3) is 11.2 Å². The van der Waals surface area contributed by atoms with E-state index in [1.54, 1.807) is 12.1 Å². The minimum absolute atomic E-state index is 0.0301. The molecule has 10 heteroatoms. The molecule has 0 aliphatic rings. The molecular weight excluding hydrogens is 414 g/mol. The number of aromatic nitrogens is 3. The SMILES string of the molecule is CC[C@@H](c1ccccc1)n1c(=O)c(NCCC(=O)O)nc2ccc(N(C)C(=O)CO)nc21. The predicted molar refractivity (Wildman–Crippen MR) is 120 cm³/mol. The first-order chi connectivity index (χ1) is 15.4. The van der Waals surface area contributed by atoms with Crippen LogP contribution in [0.5, 0.6) is 0 Å². The predicted octanol–water partition coefficient (Wildman–Crippen LogP) is 1.63. The summed E-state index contributed by atoms with van der Waals surface area (Å²) in [6, 6.07) is 12.3. The van der Waals surface area contributed by atoms with Crippen LogP contribution in [0.3, 0.4) is 0 Å². The molecule has 10 nitrogen and oxygen atoms in total. The van der Waals surface area contributed by atoms with Gasteiger partial charge in [-0.2, -0.15) is 0 Å². The van der Waals surface area contributed by atoms with Crippen LogP contribution in [0, 0.1) is 0 Å². The number of aliphatic hydroxyl groups is 1. The minimum atomic E-state index is -0.989. The quantitative estimate of drug-likeness (QED) is 0.457. The average Bonchev–Trinajstić information content (AvgIpc) is 2.80. The van der Waals surface area contributed by atoms with Crippen molar-refractivity contribution in [3.8, 4) is 0 Å². The highest BCUT2D eigenvalue weighted by atomic mass is 16.4. The molecule has 0 bridgehead atoms. The number of nitrogens with zero attached hydrogens (tertiary/aromatic N) is 4. The van der Waals surface area contributed by atoms with Crippen molar-refractivity contribution in [1.82, 2.24) is 14.5 Å². The molecule has 3 rings (SSSR count). The zero-order chi connectivity index (χ0) is 23.3. The Hall–Kier alpha value is -3.79. The van der Waals surface area contributed by atoms with E-state index in [1.807, 2.05) is 37.3 Å². The number of fused-ring (bicyclic) bond motifs is 1. The molecular formula is C22H25N5O5. The summed E-state index contributed by atoms with van der Waals surface area (Å²) in [6.07, 6.45) is 0.412. The number of anilines is 2. The van der Waals surface area contributed by atoms with Crippen molar-refractivity contribution in [2.45, 2.75) is 25.8 Å². The maximum atomic E-state index is 13.4. The van der Waals surface area contributed by atoms with Gasteiger partial charge >= 0.3 is 5.97 Å². The summed E-state index contributed by atoms with van der Waals surface area (Å²) in [7, 11) is 1.49. The van der Waals surface area contributed by atoms with Crippen molar-refractivity contribution < 1.29 is 19.8 Å². The fourth-order valence-corrected chi connectivity index (χ4v) is 3.43. The van der Waals surface area contributed by atoms with Crippen molar-refractivity contribution in [3.05, 3.63) is 58.4 Å². The lowest BCUT2D eigenvalue weighted by Gasteiger charge is -2.22. The Kier molecular flexibility index (Phi) is 7.16. The van der Waals surface area contributed by atoms with Gasteiger partial charge in [-0.15, -0.1) is 0 Å². The molecule has 3 N–H and O–H groups in total. The van der Waals surface area contributed by atoms with E-state index in [4.69, 9.17) is 5.11 Å². The van der Waals surface area contributed by atoms with Crippen molar-refractivity contribution in [2.24, 2.45) is 0 Å². The fourth-order valence-electron chi connectivity index (χ4n) is 3.43. The van der Waals surface area contributed by atoms with Crippen LogP contribution >= 0.6 is 0 Å². The van der Waals surface area contributed by atoms with Crippen LogP contribution in [0.4, 0.5) is 11.6 Å². The number of carboxylic acids is 1. The van der Waals surface area contributed by atoms with E-state index >= 15 is 0 Å². The van der Waals surface area contributed by atoms with E-state index < -0.39 is 24.0 Å².